The van der Waals surface area contributed by atoms with Crippen LogP contribution in [0.4, 0.5) is 4.79 Å². The molecule has 0 aromatic heterocycles. The molecule has 1 saturated heterocycles. The van der Waals surface area contributed by atoms with Crippen LogP contribution in [0, 0.1) is 11.3 Å². The van der Waals surface area contributed by atoms with Crippen molar-refractivity contribution >= 4 is 35.6 Å². The molecule has 1 saturated carbocycles. The zero-order chi connectivity index (χ0) is 33.6. The molecule has 1 aromatic carbocycles. The Hall–Kier alpha value is -3.96. The Morgan fingerprint density at radius 3 is 2.24 bits per heavy atom. The highest BCUT2D eigenvalue weighted by molar-refractivity contribution is 6.21. The zero-order valence-corrected chi connectivity index (χ0v) is 27.5. The third-order valence-corrected chi connectivity index (χ3v) is 9.61. The molecule has 6 amide bonds. The summed E-state index contributed by atoms with van der Waals surface area (Å²) >= 11 is 0. The number of hydrogen-bond acceptors (Lipinski definition) is 6. The minimum atomic E-state index is -1.28. The number of nitrogens with zero attached hydrogens (tertiary/aromatic N) is 2. The predicted molar refractivity (Wildman–Crippen MR) is 171 cm³/mol. The number of amides is 6. The van der Waals surface area contributed by atoms with Crippen LogP contribution in [0.25, 0.3) is 0 Å². The van der Waals surface area contributed by atoms with Gasteiger partial charge in [-0.1, -0.05) is 78.4 Å². The topological polar surface area (TPSA) is 165 Å². The molecule has 0 spiro atoms. The summed E-state index contributed by atoms with van der Waals surface area (Å²) in [7, 11) is 0. The summed E-state index contributed by atoms with van der Waals surface area (Å²) in [6.07, 6.45) is 8.77. The summed E-state index contributed by atoms with van der Waals surface area (Å²) in [6, 6.07) is 4.50. The van der Waals surface area contributed by atoms with E-state index >= 15 is 0 Å². The lowest BCUT2D eigenvalue weighted by Crippen LogP contribution is -2.56. The molecule has 1 aliphatic carbocycles. The van der Waals surface area contributed by atoms with Crippen LogP contribution in [-0.4, -0.2) is 87.8 Å². The van der Waals surface area contributed by atoms with Gasteiger partial charge in [-0.15, -0.1) is 0 Å². The van der Waals surface area contributed by atoms with Crippen molar-refractivity contribution < 1.29 is 33.9 Å². The molecule has 4 rings (SSSR count). The van der Waals surface area contributed by atoms with Gasteiger partial charge in [0.1, 0.15) is 11.6 Å². The highest BCUT2D eigenvalue weighted by Crippen LogP contribution is 2.47. The van der Waals surface area contributed by atoms with Crippen molar-refractivity contribution in [3.63, 3.8) is 0 Å². The largest absolute Gasteiger partial charge is 0.479 e. The molecule has 46 heavy (non-hydrogen) atoms. The number of hydrogen-bond donors (Lipinski definition) is 4. The Labute approximate surface area is 271 Å². The molecule has 12 heteroatoms. The van der Waals surface area contributed by atoms with Crippen LogP contribution in [0.1, 0.15) is 113 Å². The molecular weight excluding hydrogens is 590 g/mol. The molecule has 3 aliphatic rings. The second-order valence-corrected chi connectivity index (χ2v) is 14.0. The number of carboxylic acid groups (broad SMARTS) is 1. The van der Waals surface area contributed by atoms with Gasteiger partial charge in [0, 0.05) is 6.54 Å². The Morgan fingerprint density at radius 2 is 1.63 bits per heavy atom. The molecule has 4 N–H and O–H groups in total. The average molecular weight is 640 g/mol. The summed E-state index contributed by atoms with van der Waals surface area (Å²) in [5, 5.41) is 18.1. The van der Waals surface area contributed by atoms with E-state index in [1.54, 1.807) is 24.3 Å². The van der Waals surface area contributed by atoms with Gasteiger partial charge in [0.05, 0.1) is 30.3 Å². The smallest absolute Gasteiger partial charge is 0.329 e. The first-order valence-corrected chi connectivity index (χ1v) is 16.6. The van der Waals surface area contributed by atoms with Gasteiger partial charge in [0.2, 0.25) is 11.8 Å². The number of unbranched alkanes of at least 4 members (excludes halogenated alkanes) is 5. The van der Waals surface area contributed by atoms with E-state index in [2.05, 4.69) is 22.9 Å². The van der Waals surface area contributed by atoms with Gasteiger partial charge >= 0.3 is 12.0 Å². The monoisotopic (exact) mass is 639 g/mol. The average Bonchev–Trinajstić information content (AvgIpc) is 3.36. The maximum absolute atomic E-state index is 13.3. The van der Waals surface area contributed by atoms with Crippen LogP contribution in [-0.2, 0) is 14.4 Å². The molecule has 12 nitrogen and oxygen atoms in total. The number of aliphatic carboxylic acids is 1. The van der Waals surface area contributed by atoms with E-state index in [-0.39, 0.29) is 19.0 Å². The second kappa shape index (κ2) is 14.6. The van der Waals surface area contributed by atoms with Crippen LogP contribution in [0.3, 0.4) is 0 Å². The number of benzene rings is 1. The number of rotatable bonds is 15. The lowest BCUT2D eigenvalue weighted by Gasteiger charge is -2.34. The molecule has 4 atom stereocenters. The number of carbonyl (C=O) groups is 6. The predicted octanol–water partition coefficient (Wildman–Crippen LogP) is 3.70. The fourth-order valence-corrected chi connectivity index (χ4v) is 6.55. The van der Waals surface area contributed by atoms with Crippen molar-refractivity contribution in [3.8, 4) is 0 Å². The molecule has 2 unspecified atom stereocenters. The normalized spacial score (nSPS) is 22.8. The maximum atomic E-state index is 13.3. The second-order valence-electron chi connectivity index (χ2n) is 14.0. The van der Waals surface area contributed by atoms with E-state index in [0.29, 0.717) is 36.9 Å². The van der Waals surface area contributed by atoms with Crippen LogP contribution in [0.5, 0.6) is 0 Å². The number of carboxylic acids is 1. The molecule has 0 bridgehead atoms. The van der Waals surface area contributed by atoms with Gasteiger partial charge in [0.15, 0.2) is 0 Å². The van der Waals surface area contributed by atoms with Gasteiger partial charge in [0.25, 0.3) is 11.8 Å². The summed E-state index contributed by atoms with van der Waals surface area (Å²) in [5.74, 6) is -2.93. The molecule has 0 radical (unpaired) electrons. The lowest BCUT2D eigenvalue weighted by atomic mass is 9.86. The van der Waals surface area contributed by atoms with Crippen molar-refractivity contribution in [2.75, 3.05) is 19.6 Å². The molecule has 2 aliphatic heterocycles. The lowest BCUT2D eigenvalue weighted by molar-refractivity contribution is -0.145. The van der Waals surface area contributed by atoms with E-state index < -0.39 is 58.7 Å². The third kappa shape index (κ3) is 7.87. The van der Waals surface area contributed by atoms with Crippen molar-refractivity contribution in [3.05, 3.63) is 35.4 Å². The van der Waals surface area contributed by atoms with Gasteiger partial charge in [-0.2, -0.15) is 0 Å². The summed E-state index contributed by atoms with van der Waals surface area (Å²) in [6.45, 7) is 7.69. The van der Waals surface area contributed by atoms with Crippen LogP contribution in [0.2, 0.25) is 0 Å². The molecular formula is C34H49N5O7. The SMILES string of the molecule is CCCCCCCCC1C[C@]1(NC(=O)[C@@H]1CCCN1C(=O)CNC(=O)NC(CN1C(=O)c2ccccc2C1=O)C(C)(C)C)C(=O)O. The Bertz CT molecular complexity index is 1310. The van der Waals surface area contributed by atoms with E-state index in [1.165, 1.54) is 24.2 Å². The molecule has 2 heterocycles. The standard InChI is InChI=1S/C34H49N5O7/c1-5-6-7-8-9-10-14-22-19-34(22,31(44)45)37-28(41)25-17-13-18-38(25)27(40)20-35-32(46)36-26(33(2,3)4)21-39-29(42)23-15-11-12-16-24(23)30(39)43/h11-12,15-16,22,25-26H,5-10,13-14,17-21H2,1-4H3,(H,37,41)(H,44,45)(H2,35,36,46)/t22?,25-,26?,34+/m0/s1. The van der Waals surface area contributed by atoms with E-state index in [0.717, 1.165) is 30.6 Å². The van der Waals surface area contributed by atoms with Crippen LogP contribution >= 0.6 is 0 Å². The number of fused-ring (bicyclic) bond motifs is 1. The number of nitrogens with one attached hydrogen (secondary N) is 3. The Balaban J connectivity index is 1.28. The zero-order valence-electron chi connectivity index (χ0n) is 27.5. The van der Waals surface area contributed by atoms with Gasteiger partial charge in [-0.25, -0.2) is 9.59 Å². The van der Waals surface area contributed by atoms with Crippen LogP contribution in [0.15, 0.2) is 24.3 Å². The number of likely N-dealkylation sites (tertiary alicyclic amines) is 1. The fourth-order valence-electron chi connectivity index (χ4n) is 6.55. The molecule has 252 valence electrons. The minimum absolute atomic E-state index is 0.0449. The highest BCUT2D eigenvalue weighted by Gasteiger charge is 2.61. The van der Waals surface area contributed by atoms with Crippen LogP contribution < -0.4 is 16.0 Å². The van der Waals surface area contributed by atoms with Crippen molar-refractivity contribution in [2.45, 2.75) is 110 Å². The van der Waals surface area contributed by atoms with Crippen molar-refractivity contribution in [1.82, 2.24) is 25.8 Å². The van der Waals surface area contributed by atoms with E-state index in [1.807, 2.05) is 20.8 Å². The Kier molecular flexibility index (Phi) is 11.1. The van der Waals surface area contributed by atoms with Gasteiger partial charge < -0.3 is 26.0 Å². The fraction of sp³-hybridized carbons (Fsp3) is 0.647. The van der Waals surface area contributed by atoms with Crippen molar-refractivity contribution in [1.29, 1.82) is 0 Å². The third-order valence-electron chi connectivity index (χ3n) is 9.61. The Morgan fingerprint density at radius 1 is 1.00 bits per heavy atom. The van der Waals surface area contributed by atoms with E-state index in [4.69, 9.17) is 0 Å². The number of imide groups is 1. The maximum Gasteiger partial charge on any atom is 0.329 e. The summed E-state index contributed by atoms with van der Waals surface area (Å²) in [5.41, 5.74) is -1.17. The van der Waals surface area contributed by atoms with Crippen molar-refractivity contribution in [2.24, 2.45) is 11.3 Å². The number of carbonyl (C=O) groups excluding carboxylic acids is 5. The minimum Gasteiger partial charge on any atom is -0.479 e. The molecule has 2 fully saturated rings. The first kappa shape index (κ1) is 34.9. The highest BCUT2D eigenvalue weighted by atomic mass is 16.4. The van der Waals surface area contributed by atoms with Gasteiger partial charge in [-0.05, 0) is 49.1 Å². The van der Waals surface area contributed by atoms with Gasteiger partial charge in [-0.3, -0.25) is 24.1 Å². The molecule has 1 aromatic rings. The summed E-state index contributed by atoms with van der Waals surface area (Å²) < 4.78 is 0. The number of urea groups is 1. The summed E-state index contributed by atoms with van der Waals surface area (Å²) in [4.78, 5) is 79.9. The van der Waals surface area contributed by atoms with E-state index in [9.17, 15) is 33.9 Å². The first-order chi connectivity index (χ1) is 21.8. The quantitative estimate of drug-likeness (QED) is 0.168. The first-order valence-electron chi connectivity index (χ1n) is 16.6.